The van der Waals surface area contributed by atoms with Crippen molar-refractivity contribution in [2.75, 3.05) is 13.2 Å². The first-order valence-electron chi connectivity index (χ1n) is 4.68. The molecular formula is C10H12N2O. The van der Waals surface area contributed by atoms with Crippen LogP contribution in [-0.2, 0) is 10.3 Å². The van der Waals surface area contributed by atoms with E-state index in [-0.39, 0.29) is 5.60 Å². The summed E-state index contributed by atoms with van der Waals surface area (Å²) in [6, 6.07) is 6.55. The topological polar surface area (TPSA) is 34.1 Å². The third kappa shape index (κ3) is 1.01. The first-order valence-corrected chi connectivity index (χ1v) is 4.68. The number of ether oxygens (including phenoxy) is 1. The molecule has 68 valence electrons. The van der Waals surface area contributed by atoms with E-state index in [0.29, 0.717) is 6.04 Å². The number of nitrogens with one attached hydrogen (secondary N) is 1. The van der Waals surface area contributed by atoms with E-state index in [4.69, 9.17) is 4.74 Å². The fourth-order valence-electron chi connectivity index (χ4n) is 2.24. The molecule has 2 saturated heterocycles. The summed E-state index contributed by atoms with van der Waals surface area (Å²) in [7, 11) is 0. The molecule has 3 nitrogen and oxygen atoms in total. The molecule has 0 aliphatic carbocycles. The van der Waals surface area contributed by atoms with Crippen molar-refractivity contribution in [3.63, 3.8) is 0 Å². The fourth-order valence-corrected chi connectivity index (χ4v) is 2.24. The van der Waals surface area contributed by atoms with Gasteiger partial charge in [-0.25, -0.2) is 0 Å². The van der Waals surface area contributed by atoms with Gasteiger partial charge in [0.1, 0.15) is 5.60 Å². The maximum absolute atomic E-state index is 5.80. The highest BCUT2D eigenvalue weighted by molar-refractivity contribution is 5.19. The van der Waals surface area contributed by atoms with Crippen molar-refractivity contribution >= 4 is 0 Å². The van der Waals surface area contributed by atoms with Gasteiger partial charge in [-0.1, -0.05) is 6.07 Å². The SMILES string of the molecule is c1ccc(C23CNC(CO2)C3)nc1. The van der Waals surface area contributed by atoms with Crippen LogP contribution in [-0.4, -0.2) is 24.2 Å². The van der Waals surface area contributed by atoms with Crippen LogP contribution >= 0.6 is 0 Å². The van der Waals surface area contributed by atoms with Crippen LogP contribution in [0.4, 0.5) is 0 Å². The predicted octanol–water partition coefficient (Wildman–Crippen LogP) is 0.669. The highest BCUT2D eigenvalue weighted by Crippen LogP contribution is 2.38. The molecule has 2 fully saturated rings. The second kappa shape index (κ2) is 2.53. The van der Waals surface area contributed by atoms with Gasteiger partial charge in [0.2, 0.25) is 0 Å². The van der Waals surface area contributed by atoms with Crippen molar-refractivity contribution in [1.82, 2.24) is 10.3 Å². The van der Waals surface area contributed by atoms with Crippen LogP contribution in [0.1, 0.15) is 12.1 Å². The molecule has 0 saturated carbocycles. The van der Waals surface area contributed by atoms with Gasteiger partial charge in [-0.15, -0.1) is 0 Å². The highest BCUT2D eigenvalue weighted by atomic mass is 16.5. The third-order valence-electron chi connectivity index (χ3n) is 2.94. The van der Waals surface area contributed by atoms with Gasteiger partial charge in [0.05, 0.1) is 12.3 Å². The molecule has 2 aliphatic rings. The Hall–Kier alpha value is -0.930. The molecule has 1 aromatic heterocycles. The minimum absolute atomic E-state index is 0.119. The predicted molar refractivity (Wildman–Crippen MR) is 48.3 cm³/mol. The van der Waals surface area contributed by atoms with Crippen LogP contribution in [0.15, 0.2) is 24.4 Å². The molecule has 0 amide bonds. The number of aromatic nitrogens is 1. The number of hydrogen-bond acceptors (Lipinski definition) is 3. The van der Waals surface area contributed by atoms with Crippen molar-refractivity contribution in [2.45, 2.75) is 18.1 Å². The molecule has 2 bridgehead atoms. The normalized spacial score (nSPS) is 36.8. The lowest BCUT2D eigenvalue weighted by Crippen LogP contribution is -2.37. The zero-order valence-corrected chi connectivity index (χ0v) is 7.36. The minimum atomic E-state index is -0.119. The monoisotopic (exact) mass is 176 g/mol. The van der Waals surface area contributed by atoms with Crippen LogP contribution in [0.5, 0.6) is 0 Å². The Balaban J connectivity index is 2.00. The summed E-state index contributed by atoms with van der Waals surface area (Å²) in [4.78, 5) is 4.37. The lowest BCUT2D eigenvalue weighted by atomic mass is 9.98. The second-order valence-corrected chi connectivity index (χ2v) is 3.80. The highest BCUT2D eigenvalue weighted by Gasteiger charge is 2.48. The van der Waals surface area contributed by atoms with Crippen LogP contribution in [0.25, 0.3) is 0 Å². The van der Waals surface area contributed by atoms with Crippen molar-refractivity contribution in [3.8, 4) is 0 Å². The Morgan fingerprint density at radius 3 is 3.08 bits per heavy atom. The lowest BCUT2D eigenvalue weighted by molar-refractivity contribution is -0.0128. The van der Waals surface area contributed by atoms with Gasteiger partial charge < -0.3 is 10.1 Å². The Morgan fingerprint density at radius 2 is 2.54 bits per heavy atom. The molecule has 3 heterocycles. The van der Waals surface area contributed by atoms with Crippen molar-refractivity contribution in [3.05, 3.63) is 30.1 Å². The largest absolute Gasteiger partial charge is 0.366 e. The summed E-state index contributed by atoms with van der Waals surface area (Å²) in [5.41, 5.74) is 0.953. The average Bonchev–Trinajstić information content (AvgIpc) is 2.80. The lowest BCUT2D eigenvalue weighted by Gasteiger charge is -2.25. The average molecular weight is 176 g/mol. The van der Waals surface area contributed by atoms with Gasteiger partial charge in [-0.05, 0) is 12.1 Å². The summed E-state index contributed by atoms with van der Waals surface area (Å²) >= 11 is 0. The van der Waals surface area contributed by atoms with Crippen molar-refractivity contribution in [1.29, 1.82) is 0 Å². The Bertz CT molecular complexity index is 304. The quantitative estimate of drug-likeness (QED) is 0.683. The van der Waals surface area contributed by atoms with E-state index in [1.165, 1.54) is 0 Å². The van der Waals surface area contributed by atoms with E-state index in [9.17, 15) is 0 Å². The van der Waals surface area contributed by atoms with Gasteiger partial charge in [-0.3, -0.25) is 4.98 Å². The number of hydrogen-bond donors (Lipinski definition) is 1. The van der Waals surface area contributed by atoms with Gasteiger partial charge >= 0.3 is 0 Å². The fraction of sp³-hybridized carbons (Fsp3) is 0.500. The summed E-state index contributed by atoms with van der Waals surface area (Å²) in [6.07, 6.45) is 2.91. The molecule has 2 atom stereocenters. The zero-order chi connectivity index (χ0) is 8.73. The van der Waals surface area contributed by atoms with Gasteiger partial charge in [-0.2, -0.15) is 0 Å². The molecule has 0 radical (unpaired) electrons. The van der Waals surface area contributed by atoms with E-state index >= 15 is 0 Å². The molecule has 2 aliphatic heterocycles. The van der Waals surface area contributed by atoms with E-state index in [0.717, 1.165) is 25.3 Å². The minimum Gasteiger partial charge on any atom is -0.366 e. The second-order valence-electron chi connectivity index (χ2n) is 3.80. The van der Waals surface area contributed by atoms with Crippen LogP contribution in [0, 0.1) is 0 Å². The summed E-state index contributed by atoms with van der Waals surface area (Å²) in [6.45, 7) is 1.74. The van der Waals surface area contributed by atoms with E-state index in [1.54, 1.807) is 0 Å². The first kappa shape index (κ1) is 7.47. The maximum atomic E-state index is 5.80. The van der Waals surface area contributed by atoms with Crippen LogP contribution < -0.4 is 5.32 Å². The Labute approximate surface area is 77.1 Å². The maximum Gasteiger partial charge on any atom is 0.124 e. The Morgan fingerprint density at radius 1 is 1.54 bits per heavy atom. The molecule has 1 aromatic rings. The zero-order valence-electron chi connectivity index (χ0n) is 7.36. The third-order valence-corrected chi connectivity index (χ3v) is 2.94. The molecule has 0 aromatic carbocycles. The number of rotatable bonds is 1. The van der Waals surface area contributed by atoms with Crippen LogP contribution in [0.2, 0.25) is 0 Å². The number of nitrogens with zero attached hydrogens (tertiary/aromatic N) is 1. The first-order chi connectivity index (χ1) is 6.39. The molecular weight excluding hydrogens is 164 g/mol. The van der Waals surface area contributed by atoms with Gasteiger partial charge in [0.25, 0.3) is 0 Å². The number of fused-ring (bicyclic) bond motifs is 2. The standard InChI is InChI=1S/C10H12N2O/c1-2-4-11-9(3-1)10-5-8(6-13-10)12-7-10/h1-4,8,12H,5-7H2. The Kier molecular flexibility index (Phi) is 1.45. The van der Waals surface area contributed by atoms with Crippen LogP contribution in [0.3, 0.4) is 0 Å². The summed E-state index contributed by atoms with van der Waals surface area (Å²) in [5.74, 6) is 0. The van der Waals surface area contributed by atoms with E-state index < -0.39 is 0 Å². The van der Waals surface area contributed by atoms with Gasteiger partial charge in [0.15, 0.2) is 0 Å². The molecule has 3 rings (SSSR count). The van der Waals surface area contributed by atoms with E-state index in [2.05, 4.69) is 16.4 Å². The van der Waals surface area contributed by atoms with Crippen molar-refractivity contribution in [2.24, 2.45) is 0 Å². The summed E-state index contributed by atoms with van der Waals surface area (Å²) < 4.78 is 5.80. The molecule has 3 heteroatoms. The molecule has 1 N–H and O–H groups in total. The summed E-state index contributed by atoms with van der Waals surface area (Å²) in [5, 5.41) is 3.43. The van der Waals surface area contributed by atoms with Gasteiger partial charge in [0, 0.05) is 25.2 Å². The number of morpholine rings is 1. The molecule has 13 heavy (non-hydrogen) atoms. The van der Waals surface area contributed by atoms with Crippen molar-refractivity contribution < 1.29 is 4.74 Å². The van der Waals surface area contributed by atoms with E-state index in [1.807, 2.05) is 18.3 Å². The smallest absolute Gasteiger partial charge is 0.124 e. The molecule has 0 spiro atoms. The number of pyridine rings is 1. The molecule has 2 unspecified atom stereocenters.